The van der Waals surface area contributed by atoms with E-state index in [-0.39, 0.29) is 0 Å². The zero-order valence-corrected chi connectivity index (χ0v) is 10.5. The van der Waals surface area contributed by atoms with E-state index in [2.05, 4.69) is 48.6 Å². The molecular weight excluding hydrogens is 234 g/mol. The van der Waals surface area contributed by atoms with E-state index in [0.29, 0.717) is 6.26 Å². The molecule has 0 saturated heterocycles. The Labute approximate surface area is 96.1 Å². The molecule has 0 saturated carbocycles. The van der Waals surface area contributed by atoms with Gasteiger partial charge in [-0.3, -0.25) is 0 Å². The lowest BCUT2D eigenvalue weighted by atomic mass is 10.3. The number of pyridine rings is 1. The average molecular weight is 249 g/mol. The van der Waals surface area contributed by atoms with Gasteiger partial charge in [-0.15, -0.1) is 0 Å². The van der Waals surface area contributed by atoms with Crippen LogP contribution in [0.15, 0.2) is 24.5 Å². The van der Waals surface area contributed by atoms with Crippen LogP contribution in [0.3, 0.4) is 0 Å². The molecule has 0 atom stereocenters. The maximum absolute atomic E-state index is 9.08. The highest BCUT2D eigenvalue weighted by Gasteiger charge is 1.94. The summed E-state index contributed by atoms with van der Waals surface area (Å²) in [4.78, 5) is 0. The van der Waals surface area contributed by atoms with Crippen LogP contribution in [0.2, 0.25) is 0 Å². The minimum absolute atomic E-state index is 0.604. The largest absolute Gasteiger partial charge is 0.748 e. The topological polar surface area (TPSA) is 61.1 Å². The van der Waals surface area contributed by atoms with Crippen LogP contribution in [0.1, 0.15) is 5.56 Å². The van der Waals surface area contributed by atoms with Crippen molar-refractivity contribution < 1.29 is 17.5 Å². The Balaban J connectivity index is 0.000000336. The Morgan fingerprint density at radius 3 is 2.13 bits per heavy atom. The number of hydrogen-bond donors (Lipinski definition) is 1. The van der Waals surface area contributed by atoms with Crippen LogP contribution in [0.25, 0.3) is 0 Å². The van der Waals surface area contributed by atoms with Gasteiger partial charge in [0, 0.05) is 24.1 Å². The molecule has 6 heteroatoms. The number of rotatable bonds is 2. The quantitative estimate of drug-likeness (QED) is 0.468. The van der Waals surface area contributed by atoms with Gasteiger partial charge in [-0.1, -0.05) is 0 Å². The van der Waals surface area contributed by atoms with Crippen molar-refractivity contribution in [3.63, 3.8) is 0 Å². The highest BCUT2D eigenvalue weighted by molar-refractivity contribution is 7.84. The maximum Gasteiger partial charge on any atom is 0.169 e. The van der Waals surface area contributed by atoms with Crippen molar-refractivity contribution in [2.45, 2.75) is 13.5 Å². The number of hydrogen-bond acceptors (Lipinski definition) is 4. The molecule has 0 radical (unpaired) electrons. The first-order valence-corrected chi connectivity index (χ1v) is 6.75. The van der Waals surface area contributed by atoms with Gasteiger partial charge in [-0.25, -0.2) is 13.0 Å². The molecule has 0 N–H and O–H groups in total. The summed E-state index contributed by atoms with van der Waals surface area (Å²) in [5.41, 5.74) is 1.30. The van der Waals surface area contributed by atoms with Crippen molar-refractivity contribution in [3.8, 4) is 0 Å². The van der Waals surface area contributed by atoms with Crippen molar-refractivity contribution in [3.05, 3.63) is 30.1 Å². The Bertz CT molecular complexity index is 365. The highest BCUT2D eigenvalue weighted by atomic mass is 32.2. The zero-order valence-electron chi connectivity index (χ0n) is 8.75. The summed E-state index contributed by atoms with van der Waals surface area (Å²) in [5.74, 6) is 0.897. The predicted molar refractivity (Wildman–Crippen MR) is 60.8 cm³/mol. The molecule has 0 aliphatic rings. The molecular formula is C9H15NO3S2. The summed E-state index contributed by atoms with van der Waals surface area (Å²) in [7, 11) is -3.92. The van der Waals surface area contributed by atoms with E-state index in [9.17, 15) is 0 Å². The third kappa shape index (κ3) is 11.3. The van der Waals surface area contributed by atoms with Crippen LogP contribution < -0.4 is 4.57 Å². The average Bonchev–Trinajstić information content (AvgIpc) is 2.06. The van der Waals surface area contributed by atoms with Gasteiger partial charge < -0.3 is 4.55 Å². The first-order valence-electron chi connectivity index (χ1n) is 4.30. The van der Waals surface area contributed by atoms with Crippen molar-refractivity contribution in [1.82, 2.24) is 0 Å². The smallest absolute Gasteiger partial charge is 0.169 e. The molecule has 1 rings (SSSR count). The van der Waals surface area contributed by atoms with Crippen LogP contribution in [-0.2, 0) is 16.7 Å². The first kappa shape index (κ1) is 14.4. The lowest BCUT2D eigenvalue weighted by Gasteiger charge is -1.92. The third-order valence-electron chi connectivity index (χ3n) is 1.42. The van der Waals surface area contributed by atoms with Crippen LogP contribution in [0, 0.1) is 6.92 Å². The van der Waals surface area contributed by atoms with E-state index in [0.717, 1.165) is 12.3 Å². The normalized spacial score (nSPS) is 10.4. The Hall–Kier alpha value is -0.590. The molecule has 0 fully saturated rings. The lowest BCUT2D eigenvalue weighted by molar-refractivity contribution is -0.692. The second kappa shape index (κ2) is 6.81. The molecule has 1 aromatic heterocycles. The number of nitrogens with zero attached hydrogens (tertiary/aromatic N) is 1. The summed E-state index contributed by atoms with van der Waals surface area (Å²) >= 11 is 4.14. The van der Waals surface area contributed by atoms with Crippen LogP contribution >= 0.6 is 12.6 Å². The number of aromatic nitrogens is 1. The number of aryl methyl sites for hydroxylation is 2. The molecule has 86 valence electrons. The van der Waals surface area contributed by atoms with Gasteiger partial charge in [0.05, 0.1) is 10.1 Å². The Morgan fingerprint density at radius 1 is 1.40 bits per heavy atom. The fraction of sp³-hybridized carbons (Fsp3) is 0.444. The monoisotopic (exact) mass is 249 g/mol. The van der Waals surface area contributed by atoms with E-state index in [4.69, 9.17) is 13.0 Å². The van der Waals surface area contributed by atoms with Crippen LogP contribution in [-0.4, -0.2) is 25.0 Å². The van der Waals surface area contributed by atoms with Gasteiger partial charge in [-0.2, -0.15) is 12.6 Å². The standard InChI is InChI=1S/C8H11NS.CH4O3S/c1-8-2-4-9(5-3-8)6-7-10;1-5(2,3)4/h2-5H,6-7H2,1H3;1H3,(H,2,3,4). The maximum atomic E-state index is 9.08. The van der Waals surface area contributed by atoms with Gasteiger partial charge >= 0.3 is 0 Å². The van der Waals surface area contributed by atoms with Crippen molar-refractivity contribution in [1.29, 1.82) is 0 Å². The minimum Gasteiger partial charge on any atom is -0.748 e. The minimum atomic E-state index is -3.92. The summed E-state index contributed by atoms with van der Waals surface area (Å²) in [6.45, 7) is 3.08. The van der Waals surface area contributed by atoms with Crippen molar-refractivity contribution >= 4 is 22.7 Å². The molecule has 0 unspecified atom stereocenters. The second-order valence-electron chi connectivity index (χ2n) is 3.04. The fourth-order valence-corrected chi connectivity index (χ4v) is 1.03. The SMILES string of the molecule is CS(=O)(=O)[O-].Cc1cc[n+](CCS)cc1. The molecule has 0 spiro atoms. The van der Waals surface area contributed by atoms with Gasteiger partial charge in [-0.05, 0) is 12.5 Å². The number of thiol groups is 1. The molecule has 15 heavy (non-hydrogen) atoms. The third-order valence-corrected chi connectivity index (χ3v) is 1.62. The zero-order chi connectivity index (χ0) is 11.9. The van der Waals surface area contributed by atoms with E-state index in [1.165, 1.54) is 5.56 Å². The van der Waals surface area contributed by atoms with Gasteiger partial charge in [0.25, 0.3) is 0 Å². The molecule has 0 aliphatic carbocycles. The molecule has 4 nitrogen and oxygen atoms in total. The van der Waals surface area contributed by atoms with Crippen molar-refractivity contribution in [2.24, 2.45) is 0 Å². The molecule has 1 aromatic rings. The van der Waals surface area contributed by atoms with E-state index in [1.807, 2.05) is 0 Å². The summed E-state index contributed by atoms with van der Waals surface area (Å²) in [6, 6.07) is 4.20. The van der Waals surface area contributed by atoms with Gasteiger partial charge in [0.15, 0.2) is 18.9 Å². The van der Waals surface area contributed by atoms with E-state index in [1.54, 1.807) is 0 Å². The fourth-order valence-electron chi connectivity index (χ4n) is 0.796. The van der Waals surface area contributed by atoms with Gasteiger partial charge in [0.2, 0.25) is 0 Å². The summed E-state index contributed by atoms with van der Waals surface area (Å²) in [5, 5.41) is 0. The Kier molecular flexibility index (Phi) is 6.55. The predicted octanol–water partition coefficient (Wildman–Crippen LogP) is 0.374. The van der Waals surface area contributed by atoms with Gasteiger partial charge in [0.1, 0.15) is 0 Å². The molecule has 1 heterocycles. The summed E-state index contributed by atoms with van der Waals surface area (Å²) < 4.78 is 29.4. The second-order valence-corrected chi connectivity index (χ2v) is 4.90. The van der Waals surface area contributed by atoms with Crippen LogP contribution in [0.4, 0.5) is 0 Å². The molecule has 0 bridgehead atoms. The summed E-state index contributed by atoms with van der Waals surface area (Å²) in [6.07, 6.45) is 4.75. The lowest BCUT2D eigenvalue weighted by Crippen LogP contribution is -2.33. The highest BCUT2D eigenvalue weighted by Crippen LogP contribution is 1.89. The molecule has 0 aromatic carbocycles. The van der Waals surface area contributed by atoms with E-state index < -0.39 is 10.1 Å². The first-order chi connectivity index (χ1) is 6.83. The van der Waals surface area contributed by atoms with Crippen molar-refractivity contribution in [2.75, 3.05) is 12.0 Å². The molecule has 0 aliphatic heterocycles. The van der Waals surface area contributed by atoms with Crippen LogP contribution in [0.5, 0.6) is 0 Å². The van der Waals surface area contributed by atoms with E-state index >= 15 is 0 Å². The molecule has 0 amide bonds. The Morgan fingerprint density at radius 2 is 1.80 bits per heavy atom.